The molecule has 1 aromatic carbocycles. The molecular weight excluding hydrogens is 326 g/mol. The molecule has 0 bridgehead atoms. The van der Waals surface area contributed by atoms with E-state index in [1.54, 1.807) is 0 Å². The van der Waals surface area contributed by atoms with Gasteiger partial charge in [-0.05, 0) is 56.5 Å². The van der Waals surface area contributed by atoms with Crippen LogP contribution in [-0.2, 0) is 16.0 Å². The normalized spacial score (nSPS) is 29.6. The van der Waals surface area contributed by atoms with Gasteiger partial charge in [-0.2, -0.15) is 0 Å². The predicted octanol–water partition coefficient (Wildman–Crippen LogP) is 1.51. The van der Waals surface area contributed by atoms with Gasteiger partial charge in [-0.1, -0.05) is 18.2 Å². The van der Waals surface area contributed by atoms with E-state index in [0.29, 0.717) is 19.1 Å². The maximum atomic E-state index is 13.2. The largest absolute Gasteiger partial charge is 0.378 e. The molecule has 0 radical (unpaired) electrons. The molecular formula is C21H31N3O2. The number of fused-ring (bicyclic) bond motifs is 1. The lowest BCUT2D eigenvalue weighted by Crippen LogP contribution is -2.70. The third-order valence-electron chi connectivity index (χ3n) is 6.37. The molecule has 0 saturated carbocycles. The van der Waals surface area contributed by atoms with Gasteiger partial charge < -0.3 is 15.0 Å². The van der Waals surface area contributed by atoms with Crippen LogP contribution in [0.4, 0.5) is 0 Å². The van der Waals surface area contributed by atoms with Crippen molar-refractivity contribution in [3.63, 3.8) is 0 Å². The summed E-state index contributed by atoms with van der Waals surface area (Å²) in [6, 6.07) is 7.20. The van der Waals surface area contributed by atoms with Gasteiger partial charge >= 0.3 is 0 Å². The Morgan fingerprint density at radius 3 is 2.73 bits per heavy atom. The second-order valence-electron chi connectivity index (χ2n) is 8.08. The number of benzene rings is 1. The molecule has 3 fully saturated rings. The van der Waals surface area contributed by atoms with Crippen LogP contribution in [0.1, 0.15) is 29.5 Å². The molecule has 3 atom stereocenters. The second-order valence-corrected chi connectivity index (χ2v) is 8.08. The van der Waals surface area contributed by atoms with E-state index in [1.165, 1.54) is 24.0 Å². The Morgan fingerprint density at radius 2 is 1.96 bits per heavy atom. The Bertz CT molecular complexity index is 655. The van der Waals surface area contributed by atoms with Crippen molar-refractivity contribution in [1.29, 1.82) is 0 Å². The van der Waals surface area contributed by atoms with Crippen LogP contribution in [0.2, 0.25) is 0 Å². The summed E-state index contributed by atoms with van der Waals surface area (Å²) in [6.07, 6.45) is 3.02. The van der Waals surface area contributed by atoms with Crippen molar-refractivity contribution in [3.05, 3.63) is 34.9 Å². The molecule has 1 amide bonds. The molecule has 0 spiro atoms. The lowest BCUT2D eigenvalue weighted by Gasteiger charge is -2.50. The summed E-state index contributed by atoms with van der Waals surface area (Å²) >= 11 is 0. The van der Waals surface area contributed by atoms with Crippen molar-refractivity contribution in [1.82, 2.24) is 15.1 Å². The predicted molar refractivity (Wildman–Crippen MR) is 102 cm³/mol. The van der Waals surface area contributed by atoms with Crippen LogP contribution in [0, 0.1) is 13.8 Å². The zero-order valence-corrected chi connectivity index (χ0v) is 16.0. The van der Waals surface area contributed by atoms with Crippen molar-refractivity contribution in [3.8, 4) is 0 Å². The average Bonchev–Trinajstić information content (AvgIpc) is 3.18. The second kappa shape index (κ2) is 7.67. The molecule has 1 N–H and O–H groups in total. The lowest BCUT2D eigenvalue weighted by atomic mass is 9.92. The lowest BCUT2D eigenvalue weighted by molar-refractivity contribution is -0.142. The molecule has 3 aliphatic rings. The molecule has 3 aliphatic heterocycles. The van der Waals surface area contributed by atoms with Gasteiger partial charge in [0.15, 0.2) is 0 Å². The van der Waals surface area contributed by atoms with Gasteiger partial charge in [-0.25, -0.2) is 0 Å². The van der Waals surface area contributed by atoms with Gasteiger partial charge in [0.05, 0.1) is 37.8 Å². The number of hydrogen-bond donors (Lipinski definition) is 1. The summed E-state index contributed by atoms with van der Waals surface area (Å²) in [7, 11) is 0. The minimum Gasteiger partial charge on any atom is -0.378 e. The van der Waals surface area contributed by atoms with Gasteiger partial charge in [0.2, 0.25) is 5.91 Å². The van der Waals surface area contributed by atoms with E-state index >= 15 is 0 Å². The van der Waals surface area contributed by atoms with E-state index in [4.69, 9.17) is 4.74 Å². The van der Waals surface area contributed by atoms with E-state index in [9.17, 15) is 4.79 Å². The number of hydrogen-bond acceptors (Lipinski definition) is 4. The standard InChI is InChI=1S/C21H31N3O2/c1-15-5-6-17(11-16(15)2)12-20(25)24-10-7-22-18-13-26-14-19(21(18)24)23-8-3-4-9-23/h5-6,11,18-19,21-22H,3-4,7-10,12-14H2,1-2H3/t18?,19?,21-/m0/s1. The minimum absolute atomic E-state index is 0.231. The van der Waals surface area contributed by atoms with Gasteiger partial charge in [-0.15, -0.1) is 0 Å². The quantitative estimate of drug-likeness (QED) is 0.891. The Balaban J connectivity index is 1.52. The van der Waals surface area contributed by atoms with Crippen molar-refractivity contribution >= 4 is 5.91 Å². The van der Waals surface area contributed by atoms with Crippen LogP contribution in [0.3, 0.4) is 0 Å². The number of ether oxygens (including phenoxy) is 1. The molecule has 2 unspecified atom stereocenters. The highest BCUT2D eigenvalue weighted by atomic mass is 16.5. The topological polar surface area (TPSA) is 44.8 Å². The fourth-order valence-electron chi connectivity index (χ4n) is 4.78. The van der Waals surface area contributed by atoms with Crippen molar-refractivity contribution in [2.24, 2.45) is 0 Å². The zero-order chi connectivity index (χ0) is 18.1. The molecule has 3 heterocycles. The summed E-state index contributed by atoms with van der Waals surface area (Å²) in [5, 5.41) is 3.59. The maximum absolute atomic E-state index is 13.2. The Morgan fingerprint density at radius 1 is 1.15 bits per heavy atom. The van der Waals surface area contributed by atoms with Gasteiger partial charge in [-0.3, -0.25) is 9.69 Å². The number of likely N-dealkylation sites (tertiary alicyclic amines) is 1. The number of carbonyl (C=O) groups excluding carboxylic acids is 1. The van der Waals surface area contributed by atoms with Gasteiger partial charge in [0, 0.05) is 13.1 Å². The van der Waals surface area contributed by atoms with E-state index < -0.39 is 0 Å². The first-order chi connectivity index (χ1) is 12.6. The summed E-state index contributed by atoms with van der Waals surface area (Å²) in [4.78, 5) is 17.9. The molecule has 142 valence electrons. The number of amides is 1. The number of nitrogens with zero attached hydrogens (tertiary/aromatic N) is 2. The smallest absolute Gasteiger partial charge is 0.227 e. The van der Waals surface area contributed by atoms with E-state index in [1.807, 2.05) is 0 Å². The van der Waals surface area contributed by atoms with Crippen LogP contribution in [0.5, 0.6) is 0 Å². The van der Waals surface area contributed by atoms with Gasteiger partial charge in [0.1, 0.15) is 0 Å². The zero-order valence-electron chi connectivity index (χ0n) is 16.0. The third kappa shape index (κ3) is 3.53. The van der Waals surface area contributed by atoms with E-state index in [2.05, 4.69) is 47.2 Å². The first kappa shape index (κ1) is 18.0. The minimum atomic E-state index is 0.231. The fraction of sp³-hybridized carbons (Fsp3) is 0.667. The number of rotatable bonds is 3. The SMILES string of the molecule is Cc1ccc(CC(=O)N2CCNC3COCC(N4CCCC4)[C@H]32)cc1C. The summed E-state index contributed by atoms with van der Waals surface area (Å²) < 4.78 is 5.90. The number of carbonyl (C=O) groups is 1. The maximum Gasteiger partial charge on any atom is 0.227 e. The van der Waals surface area contributed by atoms with E-state index in [-0.39, 0.29) is 18.0 Å². The number of piperazine rings is 1. The monoisotopic (exact) mass is 357 g/mol. The molecule has 26 heavy (non-hydrogen) atoms. The molecule has 4 rings (SSSR count). The first-order valence-corrected chi connectivity index (χ1v) is 10.0. The molecule has 1 aromatic rings. The van der Waals surface area contributed by atoms with Crippen LogP contribution in [0.25, 0.3) is 0 Å². The van der Waals surface area contributed by atoms with Crippen LogP contribution < -0.4 is 5.32 Å². The summed E-state index contributed by atoms with van der Waals surface area (Å²) in [5.41, 5.74) is 3.66. The van der Waals surface area contributed by atoms with Crippen molar-refractivity contribution in [2.75, 3.05) is 39.4 Å². The molecule has 5 nitrogen and oxygen atoms in total. The van der Waals surface area contributed by atoms with Crippen molar-refractivity contribution < 1.29 is 9.53 Å². The average molecular weight is 357 g/mol. The van der Waals surface area contributed by atoms with Crippen molar-refractivity contribution in [2.45, 2.75) is 51.2 Å². The number of nitrogens with one attached hydrogen (secondary N) is 1. The summed E-state index contributed by atoms with van der Waals surface area (Å²) in [6.45, 7) is 9.62. The highest BCUT2D eigenvalue weighted by molar-refractivity contribution is 5.79. The Hall–Kier alpha value is -1.43. The first-order valence-electron chi connectivity index (χ1n) is 10.0. The molecule has 3 saturated heterocycles. The van der Waals surface area contributed by atoms with Crippen LogP contribution >= 0.6 is 0 Å². The Kier molecular flexibility index (Phi) is 5.30. The fourth-order valence-corrected chi connectivity index (χ4v) is 4.78. The van der Waals surface area contributed by atoms with Crippen LogP contribution in [0.15, 0.2) is 18.2 Å². The van der Waals surface area contributed by atoms with E-state index in [0.717, 1.165) is 38.3 Å². The van der Waals surface area contributed by atoms with Crippen LogP contribution in [-0.4, -0.2) is 73.2 Å². The molecule has 0 aliphatic carbocycles. The highest BCUT2D eigenvalue weighted by Crippen LogP contribution is 2.26. The third-order valence-corrected chi connectivity index (χ3v) is 6.37. The highest BCUT2D eigenvalue weighted by Gasteiger charge is 2.44. The van der Waals surface area contributed by atoms with Gasteiger partial charge in [0.25, 0.3) is 0 Å². The summed E-state index contributed by atoms with van der Waals surface area (Å²) in [5.74, 6) is 0.260. The number of aryl methyl sites for hydroxylation is 2. The Labute approximate surface area is 156 Å². The molecule has 5 heteroatoms. The molecule has 0 aromatic heterocycles.